The summed E-state index contributed by atoms with van der Waals surface area (Å²) in [4.78, 5) is 24.8. The van der Waals surface area contributed by atoms with Gasteiger partial charge in [0.05, 0.1) is 12.6 Å². The Morgan fingerprint density at radius 3 is 2.53 bits per heavy atom. The molecule has 32 heavy (non-hydrogen) atoms. The molecule has 0 bridgehead atoms. The van der Waals surface area contributed by atoms with Gasteiger partial charge in [-0.05, 0) is 35.9 Å². The molecule has 2 aromatic heterocycles. The van der Waals surface area contributed by atoms with Crippen molar-refractivity contribution >= 4 is 22.8 Å². The quantitative estimate of drug-likeness (QED) is 0.330. The van der Waals surface area contributed by atoms with Crippen LogP contribution in [0, 0.1) is 0 Å². The van der Waals surface area contributed by atoms with E-state index in [0.29, 0.717) is 17.9 Å². The Morgan fingerprint density at radius 1 is 0.969 bits per heavy atom. The van der Waals surface area contributed by atoms with Crippen LogP contribution < -0.4 is 9.30 Å². The summed E-state index contributed by atoms with van der Waals surface area (Å²) in [5, 5.41) is 0.776. The number of rotatable bonds is 7. The number of nitrogens with zero attached hydrogens (tertiary/aromatic N) is 2. The van der Waals surface area contributed by atoms with E-state index in [4.69, 9.17) is 14.2 Å². The topological polar surface area (TPSA) is 70.6 Å². The fraction of sp³-hybridized carbons (Fsp3) is 0.160. The number of fused-ring (bicyclic) bond motifs is 1. The third-order valence-electron chi connectivity index (χ3n) is 5.02. The first-order valence-electron chi connectivity index (χ1n) is 10.1. The van der Waals surface area contributed by atoms with Gasteiger partial charge in [0.15, 0.2) is 19.1 Å². The van der Waals surface area contributed by atoms with Crippen LogP contribution in [-0.4, -0.2) is 23.6 Å². The number of hydrogen-bond donors (Lipinski definition) is 0. The largest absolute Gasteiger partial charge is 0.489 e. The van der Waals surface area contributed by atoms with Gasteiger partial charge in [-0.15, -0.1) is 0 Å². The fourth-order valence-corrected chi connectivity index (χ4v) is 3.41. The summed E-state index contributed by atoms with van der Waals surface area (Å²) >= 11 is 0. The van der Waals surface area contributed by atoms with Crippen molar-refractivity contribution in [3.05, 3.63) is 95.9 Å². The molecule has 0 radical (unpaired) electrons. The Hall–Kier alpha value is -4.13. The van der Waals surface area contributed by atoms with Crippen LogP contribution in [0.25, 0.3) is 10.9 Å². The van der Waals surface area contributed by atoms with Gasteiger partial charge >= 0.3 is 11.9 Å². The van der Waals surface area contributed by atoms with Crippen molar-refractivity contribution < 1.29 is 28.4 Å². The van der Waals surface area contributed by atoms with Gasteiger partial charge in [-0.2, -0.15) is 0 Å². The van der Waals surface area contributed by atoms with Crippen molar-refractivity contribution in [1.29, 1.82) is 0 Å². The standard InChI is InChI=1S/C25H23N2O5/c1-26-12-6-9-19(15-26)24(28)32-17-27-22-11-10-21(31-16-18-7-4-3-5-8-18)13-20(22)14-23(27)25(29)30-2/h3-15H,16-17H2,1-2H3/q+1. The highest BCUT2D eigenvalue weighted by Gasteiger charge is 2.19. The maximum absolute atomic E-state index is 12.5. The van der Waals surface area contributed by atoms with Gasteiger partial charge in [-0.3, -0.25) is 0 Å². The maximum atomic E-state index is 12.5. The SMILES string of the molecule is COC(=O)c1cc2cc(OCc3ccccc3)ccc2n1COC(=O)c1ccc[n+](C)c1. The molecule has 7 heteroatoms. The molecule has 0 unspecified atom stereocenters. The summed E-state index contributed by atoms with van der Waals surface area (Å²) < 4.78 is 19.7. The second-order valence-electron chi connectivity index (χ2n) is 7.26. The van der Waals surface area contributed by atoms with Gasteiger partial charge in [0, 0.05) is 11.5 Å². The highest BCUT2D eigenvalue weighted by molar-refractivity contribution is 5.96. The van der Waals surface area contributed by atoms with Gasteiger partial charge in [0.25, 0.3) is 0 Å². The lowest BCUT2D eigenvalue weighted by atomic mass is 10.2. The summed E-state index contributed by atoms with van der Waals surface area (Å²) in [5.74, 6) is -0.333. The molecule has 4 rings (SSSR count). The first-order valence-corrected chi connectivity index (χ1v) is 10.1. The van der Waals surface area contributed by atoms with Gasteiger partial charge in [0.2, 0.25) is 0 Å². The van der Waals surface area contributed by atoms with Crippen molar-refractivity contribution in [3.63, 3.8) is 0 Å². The number of esters is 2. The highest BCUT2D eigenvalue weighted by Crippen LogP contribution is 2.26. The number of aromatic nitrogens is 2. The third kappa shape index (κ3) is 4.62. The lowest BCUT2D eigenvalue weighted by Crippen LogP contribution is -2.28. The van der Waals surface area contributed by atoms with Crippen LogP contribution in [0.2, 0.25) is 0 Å². The lowest BCUT2D eigenvalue weighted by Gasteiger charge is -2.11. The molecule has 4 aromatic rings. The number of carbonyl (C=O) groups is 2. The summed E-state index contributed by atoms with van der Waals surface area (Å²) in [5.41, 5.74) is 2.49. The maximum Gasteiger partial charge on any atom is 0.354 e. The van der Waals surface area contributed by atoms with Crippen molar-refractivity contribution in [1.82, 2.24) is 4.57 Å². The Kier molecular flexibility index (Phi) is 6.17. The number of pyridine rings is 1. The first-order chi connectivity index (χ1) is 15.5. The third-order valence-corrected chi connectivity index (χ3v) is 5.02. The van der Waals surface area contributed by atoms with E-state index in [1.54, 1.807) is 33.5 Å². The van der Waals surface area contributed by atoms with E-state index < -0.39 is 11.9 Å². The molecule has 0 atom stereocenters. The van der Waals surface area contributed by atoms with Crippen molar-refractivity contribution in [2.45, 2.75) is 13.3 Å². The minimum Gasteiger partial charge on any atom is -0.489 e. The average molecular weight is 431 g/mol. The number of hydrogen-bond acceptors (Lipinski definition) is 5. The van der Waals surface area contributed by atoms with Crippen molar-refractivity contribution in [3.8, 4) is 5.75 Å². The average Bonchev–Trinajstić information content (AvgIpc) is 3.19. The molecule has 0 saturated carbocycles. The predicted molar refractivity (Wildman–Crippen MR) is 117 cm³/mol. The molecule has 0 amide bonds. The molecule has 0 aliphatic rings. The van der Waals surface area contributed by atoms with Crippen LogP contribution in [0.4, 0.5) is 0 Å². The number of methoxy groups -OCH3 is 1. The molecule has 7 nitrogen and oxygen atoms in total. The molecular weight excluding hydrogens is 408 g/mol. The molecule has 0 aliphatic heterocycles. The van der Waals surface area contributed by atoms with E-state index in [1.165, 1.54) is 7.11 Å². The molecular formula is C25H23N2O5+. The first kappa shape index (κ1) is 21.1. The van der Waals surface area contributed by atoms with Crippen LogP contribution in [0.15, 0.2) is 79.1 Å². The number of benzene rings is 2. The zero-order valence-corrected chi connectivity index (χ0v) is 17.9. The molecule has 0 saturated heterocycles. The molecule has 162 valence electrons. The van der Waals surface area contributed by atoms with E-state index in [1.807, 2.05) is 61.8 Å². The van der Waals surface area contributed by atoms with E-state index in [9.17, 15) is 9.59 Å². The fourth-order valence-electron chi connectivity index (χ4n) is 3.41. The Bertz CT molecular complexity index is 1260. The molecule has 0 N–H and O–H groups in total. The zero-order valence-electron chi connectivity index (χ0n) is 17.9. The molecule has 2 heterocycles. The van der Waals surface area contributed by atoms with E-state index in [2.05, 4.69) is 0 Å². The number of aryl methyl sites for hydroxylation is 1. The lowest BCUT2D eigenvalue weighted by molar-refractivity contribution is -0.671. The van der Waals surface area contributed by atoms with Crippen LogP contribution in [0.3, 0.4) is 0 Å². The smallest absolute Gasteiger partial charge is 0.354 e. The minimum atomic E-state index is -0.518. The summed E-state index contributed by atoms with van der Waals surface area (Å²) in [6, 6.07) is 20.5. The molecule has 0 fully saturated rings. The summed E-state index contributed by atoms with van der Waals surface area (Å²) in [7, 11) is 3.14. The van der Waals surface area contributed by atoms with Gasteiger partial charge in [0.1, 0.15) is 30.7 Å². The summed E-state index contributed by atoms with van der Waals surface area (Å²) in [6.45, 7) is 0.304. The Balaban J connectivity index is 1.57. The molecule has 0 spiro atoms. The van der Waals surface area contributed by atoms with Gasteiger partial charge < -0.3 is 18.8 Å². The van der Waals surface area contributed by atoms with Crippen LogP contribution in [-0.2, 0) is 29.9 Å². The monoisotopic (exact) mass is 431 g/mol. The van der Waals surface area contributed by atoms with Crippen LogP contribution >= 0.6 is 0 Å². The predicted octanol–water partition coefficient (Wildman–Crippen LogP) is 3.65. The second kappa shape index (κ2) is 9.34. The van der Waals surface area contributed by atoms with Crippen LogP contribution in [0.5, 0.6) is 5.75 Å². The van der Waals surface area contributed by atoms with Crippen LogP contribution in [0.1, 0.15) is 26.4 Å². The number of carbonyl (C=O) groups excluding carboxylic acids is 2. The Morgan fingerprint density at radius 2 is 1.78 bits per heavy atom. The zero-order chi connectivity index (χ0) is 22.5. The number of ether oxygens (including phenoxy) is 3. The van der Waals surface area contributed by atoms with E-state index >= 15 is 0 Å². The summed E-state index contributed by atoms with van der Waals surface area (Å²) in [6.07, 6.45) is 3.50. The van der Waals surface area contributed by atoms with Gasteiger partial charge in [-0.1, -0.05) is 30.3 Å². The molecule has 0 aliphatic carbocycles. The second-order valence-corrected chi connectivity index (χ2v) is 7.26. The van der Waals surface area contributed by atoms with Gasteiger partial charge in [-0.25, -0.2) is 14.2 Å². The van der Waals surface area contributed by atoms with Crippen molar-refractivity contribution in [2.24, 2.45) is 7.05 Å². The highest BCUT2D eigenvalue weighted by atomic mass is 16.5. The van der Waals surface area contributed by atoms with Crippen molar-refractivity contribution in [2.75, 3.05) is 7.11 Å². The normalized spacial score (nSPS) is 10.7. The van der Waals surface area contributed by atoms with E-state index in [-0.39, 0.29) is 12.4 Å². The van der Waals surface area contributed by atoms with E-state index in [0.717, 1.165) is 16.5 Å². The molecule has 2 aromatic carbocycles. The minimum absolute atomic E-state index is 0.129. The Labute approximate surface area is 185 Å².